The quantitative estimate of drug-likeness (QED) is 0.486. The lowest BCUT2D eigenvalue weighted by molar-refractivity contribution is 0.122. The first-order valence-electron chi connectivity index (χ1n) is 9.89. The van der Waals surface area contributed by atoms with Crippen LogP contribution in [0.2, 0.25) is 0 Å². The van der Waals surface area contributed by atoms with Crippen LogP contribution in [0.25, 0.3) is 33.3 Å². The summed E-state index contributed by atoms with van der Waals surface area (Å²) in [7, 11) is 0. The number of nitrogens with zero attached hydrogens (tertiary/aromatic N) is 3. The largest absolute Gasteiger partial charge is 0.395 e. The predicted octanol–water partition coefficient (Wildman–Crippen LogP) is 3.02. The summed E-state index contributed by atoms with van der Waals surface area (Å²) >= 11 is 0. The molecule has 1 fully saturated rings. The fraction of sp³-hybridized carbons (Fsp3) is 0.273. The third-order valence-corrected chi connectivity index (χ3v) is 5.29. The minimum Gasteiger partial charge on any atom is -0.395 e. The zero-order valence-electron chi connectivity index (χ0n) is 16.1. The molecular weight excluding hydrogens is 366 g/mol. The molecule has 3 N–H and O–H groups in total. The molecule has 29 heavy (non-hydrogen) atoms. The second-order valence-electron chi connectivity index (χ2n) is 7.10. The van der Waals surface area contributed by atoms with Crippen molar-refractivity contribution in [2.45, 2.75) is 0 Å². The standard InChI is InChI=1S/C22H23N5O2/c28-10-7-23-21-16-3-1-2-4-18(16)24-14-17(21)22-25-19-6-5-15(13-20(19)26-22)27-8-11-29-12-9-27/h1-6,13-14,28H,7-12H2,(H,23,24)(H,25,26). The van der Waals surface area contributed by atoms with Gasteiger partial charge in [0, 0.05) is 36.9 Å². The number of aromatic nitrogens is 3. The number of imidazole rings is 1. The van der Waals surface area contributed by atoms with Crippen molar-refractivity contribution in [3.63, 3.8) is 0 Å². The van der Waals surface area contributed by atoms with Crippen LogP contribution in [-0.2, 0) is 4.74 Å². The van der Waals surface area contributed by atoms with Crippen LogP contribution in [0.5, 0.6) is 0 Å². The molecule has 0 aliphatic carbocycles. The molecule has 0 unspecified atom stereocenters. The van der Waals surface area contributed by atoms with E-state index in [0.29, 0.717) is 6.54 Å². The Kier molecular flexibility index (Phi) is 4.75. The molecule has 0 amide bonds. The van der Waals surface area contributed by atoms with E-state index in [2.05, 4.69) is 38.4 Å². The maximum atomic E-state index is 9.31. The minimum absolute atomic E-state index is 0.0547. The SMILES string of the molecule is OCCNc1c(-c2nc3ccc(N4CCOCC4)cc3[nH]2)cnc2ccccc12. The van der Waals surface area contributed by atoms with E-state index in [9.17, 15) is 5.11 Å². The van der Waals surface area contributed by atoms with Crippen LogP contribution >= 0.6 is 0 Å². The van der Waals surface area contributed by atoms with Crippen molar-refractivity contribution in [1.29, 1.82) is 0 Å². The monoisotopic (exact) mass is 389 g/mol. The molecule has 5 rings (SSSR count). The van der Waals surface area contributed by atoms with Crippen LogP contribution in [0.15, 0.2) is 48.7 Å². The van der Waals surface area contributed by atoms with E-state index in [1.165, 1.54) is 5.69 Å². The van der Waals surface area contributed by atoms with E-state index in [1.54, 1.807) is 0 Å². The Bertz CT molecular complexity index is 1150. The van der Waals surface area contributed by atoms with E-state index in [1.807, 2.05) is 30.5 Å². The van der Waals surface area contributed by atoms with Crippen LogP contribution in [0, 0.1) is 0 Å². The molecule has 0 saturated carbocycles. The number of rotatable bonds is 5. The molecule has 0 bridgehead atoms. The summed E-state index contributed by atoms with van der Waals surface area (Å²) < 4.78 is 5.46. The van der Waals surface area contributed by atoms with E-state index >= 15 is 0 Å². The molecule has 0 spiro atoms. The minimum atomic E-state index is 0.0547. The molecule has 148 valence electrons. The number of nitrogens with one attached hydrogen (secondary N) is 2. The van der Waals surface area contributed by atoms with Gasteiger partial charge in [-0.25, -0.2) is 4.98 Å². The summed E-state index contributed by atoms with van der Waals surface area (Å²) in [6, 6.07) is 14.3. The van der Waals surface area contributed by atoms with Gasteiger partial charge in [0.05, 0.1) is 47.6 Å². The van der Waals surface area contributed by atoms with Crippen LogP contribution in [-0.4, -0.2) is 59.5 Å². The molecule has 0 radical (unpaired) electrons. The first-order chi connectivity index (χ1) is 14.3. The van der Waals surface area contributed by atoms with Crippen molar-refractivity contribution in [1.82, 2.24) is 15.0 Å². The summed E-state index contributed by atoms with van der Waals surface area (Å²) in [6.07, 6.45) is 1.84. The number of anilines is 2. The van der Waals surface area contributed by atoms with Crippen LogP contribution in [0.4, 0.5) is 11.4 Å². The smallest absolute Gasteiger partial charge is 0.142 e. The van der Waals surface area contributed by atoms with Gasteiger partial charge in [0.1, 0.15) is 5.82 Å². The lowest BCUT2D eigenvalue weighted by Gasteiger charge is -2.28. The molecule has 7 nitrogen and oxygen atoms in total. The summed E-state index contributed by atoms with van der Waals surface area (Å²) in [5.74, 6) is 0.762. The Morgan fingerprint density at radius 1 is 1.10 bits per heavy atom. The Hall–Kier alpha value is -3.16. The Morgan fingerprint density at radius 2 is 1.97 bits per heavy atom. The van der Waals surface area contributed by atoms with Crippen molar-refractivity contribution in [3.05, 3.63) is 48.7 Å². The van der Waals surface area contributed by atoms with Gasteiger partial charge in [0.2, 0.25) is 0 Å². The van der Waals surface area contributed by atoms with Gasteiger partial charge < -0.3 is 25.0 Å². The number of aliphatic hydroxyl groups excluding tert-OH is 1. The second-order valence-corrected chi connectivity index (χ2v) is 7.10. The number of benzene rings is 2. The predicted molar refractivity (Wildman–Crippen MR) is 115 cm³/mol. The number of aliphatic hydroxyl groups is 1. The van der Waals surface area contributed by atoms with Crippen LogP contribution in [0.3, 0.4) is 0 Å². The lowest BCUT2D eigenvalue weighted by atomic mass is 10.1. The third-order valence-electron chi connectivity index (χ3n) is 5.29. The topological polar surface area (TPSA) is 86.3 Å². The lowest BCUT2D eigenvalue weighted by Crippen LogP contribution is -2.36. The summed E-state index contributed by atoms with van der Waals surface area (Å²) in [5.41, 5.74) is 5.80. The van der Waals surface area contributed by atoms with Gasteiger partial charge in [-0.1, -0.05) is 18.2 Å². The number of hydrogen-bond donors (Lipinski definition) is 3. The average molecular weight is 389 g/mol. The highest BCUT2D eigenvalue weighted by atomic mass is 16.5. The maximum Gasteiger partial charge on any atom is 0.142 e. The fourth-order valence-electron chi connectivity index (χ4n) is 3.84. The zero-order chi connectivity index (χ0) is 19.6. The normalized spacial score (nSPS) is 14.6. The fourth-order valence-corrected chi connectivity index (χ4v) is 3.84. The van der Waals surface area contributed by atoms with Gasteiger partial charge in [-0.3, -0.25) is 4.98 Å². The molecule has 1 aliphatic rings. The highest BCUT2D eigenvalue weighted by molar-refractivity contribution is 5.99. The number of para-hydroxylation sites is 1. The van der Waals surface area contributed by atoms with Gasteiger partial charge in [-0.05, 0) is 24.3 Å². The first kappa shape index (κ1) is 17.9. The van der Waals surface area contributed by atoms with Crippen molar-refractivity contribution in [2.75, 3.05) is 49.7 Å². The molecule has 7 heteroatoms. The van der Waals surface area contributed by atoms with Gasteiger partial charge >= 0.3 is 0 Å². The molecule has 2 aromatic carbocycles. The van der Waals surface area contributed by atoms with E-state index in [-0.39, 0.29) is 6.61 Å². The van der Waals surface area contributed by atoms with Gasteiger partial charge in [0.25, 0.3) is 0 Å². The molecular formula is C22H23N5O2. The van der Waals surface area contributed by atoms with E-state index < -0.39 is 0 Å². The number of hydrogen-bond acceptors (Lipinski definition) is 6. The van der Waals surface area contributed by atoms with Gasteiger partial charge in [0.15, 0.2) is 0 Å². The first-order valence-corrected chi connectivity index (χ1v) is 9.89. The van der Waals surface area contributed by atoms with E-state index in [0.717, 1.165) is 65.3 Å². The Labute approximate surface area is 168 Å². The zero-order valence-corrected chi connectivity index (χ0v) is 16.1. The second kappa shape index (κ2) is 7.69. The third kappa shape index (κ3) is 3.39. The van der Waals surface area contributed by atoms with E-state index in [4.69, 9.17) is 9.72 Å². The summed E-state index contributed by atoms with van der Waals surface area (Å²) in [4.78, 5) is 15.2. The van der Waals surface area contributed by atoms with Crippen LogP contribution in [0.1, 0.15) is 0 Å². The van der Waals surface area contributed by atoms with Gasteiger partial charge in [-0.15, -0.1) is 0 Å². The number of pyridine rings is 1. The van der Waals surface area contributed by atoms with Gasteiger partial charge in [-0.2, -0.15) is 0 Å². The number of aromatic amines is 1. The number of morpholine rings is 1. The Balaban J connectivity index is 1.58. The number of fused-ring (bicyclic) bond motifs is 2. The molecule has 1 saturated heterocycles. The Morgan fingerprint density at radius 3 is 2.83 bits per heavy atom. The van der Waals surface area contributed by atoms with Crippen molar-refractivity contribution < 1.29 is 9.84 Å². The van der Waals surface area contributed by atoms with Crippen molar-refractivity contribution >= 4 is 33.3 Å². The highest BCUT2D eigenvalue weighted by Gasteiger charge is 2.16. The molecule has 0 atom stereocenters. The maximum absolute atomic E-state index is 9.31. The van der Waals surface area contributed by atoms with Crippen LogP contribution < -0.4 is 10.2 Å². The molecule has 2 aromatic heterocycles. The number of ether oxygens (including phenoxy) is 1. The average Bonchev–Trinajstić information content (AvgIpc) is 3.21. The highest BCUT2D eigenvalue weighted by Crippen LogP contribution is 2.33. The van der Waals surface area contributed by atoms with Crippen molar-refractivity contribution in [3.8, 4) is 11.4 Å². The summed E-state index contributed by atoms with van der Waals surface area (Å²) in [6.45, 7) is 3.83. The number of H-pyrrole nitrogens is 1. The molecule has 1 aliphatic heterocycles. The summed E-state index contributed by atoms with van der Waals surface area (Å²) in [5, 5.41) is 13.7. The molecule has 3 heterocycles. The molecule has 4 aromatic rings. The van der Waals surface area contributed by atoms with Crippen molar-refractivity contribution in [2.24, 2.45) is 0 Å².